The SMILES string of the molecule is COc1ccc2c(c1)CC(C)N(C(=O)c1ccc(CNC(C)=O)cc1)C2C. The van der Waals surface area contributed by atoms with Crippen molar-refractivity contribution in [3.63, 3.8) is 0 Å². The van der Waals surface area contributed by atoms with Crippen molar-refractivity contribution in [2.45, 2.75) is 45.8 Å². The van der Waals surface area contributed by atoms with E-state index >= 15 is 0 Å². The summed E-state index contributed by atoms with van der Waals surface area (Å²) in [5.74, 6) is 0.812. The normalized spacial score (nSPS) is 18.6. The number of benzene rings is 2. The first-order chi connectivity index (χ1) is 12.9. The number of ether oxygens (including phenoxy) is 1. The van der Waals surface area contributed by atoms with E-state index in [1.165, 1.54) is 18.1 Å². The zero-order chi connectivity index (χ0) is 19.6. The Morgan fingerprint density at radius 2 is 1.85 bits per heavy atom. The summed E-state index contributed by atoms with van der Waals surface area (Å²) in [5, 5.41) is 2.76. The Kier molecular flexibility index (Phi) is 5.49. The summed E-state index contributed by atoms with van der Waals surface area (Å²) in [5.41, 5.74) is 4.05. The average Bonchev–Trinajstić information content (AvgIpc) is 2.66. The molecule has 2 amide bonds. The minimum absolute atomic E-state index is 0.00112. The molecule has 1 N–H and O–H groups in total. The molecule has 0 spiro atoms. The molecule has 0 bridgehead atoms. The highest BCUT2D eigenvalue weighted by Crippen LogP contribution is 2.35. The molecule has 0 aromatic heterocycles. The largest absolute Gasteiger partial charge is 0.497 e. The van der Waals surface area contributed by atoms with E-state index in [2.05, 4.69) is 31.3 Å². The van der Waals surface area contributed by atoms with Crippen molar-refractivity contribution in [3.05, 3.63) is 64.7 Å². The highest BCUT2D eigenvalue weighted by Gasteiger charge is 2.33. The third kappa shape index (κ3) is 3.97. The predicted molar refractivity (Wildman–Crippen MR) is 105 cm³/mol. The third-order valence-corrected chi connectivity index (χ3v) is 5.18. The molecular formula is C22H26N2O3. The number of nitrogens with one attached hydrogen (secondary N) is 1. The number of fused-ring (bicyclic) bond motifs is 1. The van der Waals surface area contributed by atoms with Crippen LogP contribution in [0.2, 0.25) is 0 Å². The van der Waals surface area contributed by atoms with E-state index in [0.29, 0.717) is 12.1 Å². The van der Waals surface area contributed by atoms with Gasteiger partial charge in [-0.15, -0.1) is 0 Å². The van der Waals surface area contributed by atoms with E-state index in [1.807, 2.05) is 35.2 Å². The van der Waals surface area contributed by atoms with Crippen molar-refractivity contribution in [2.24, 2.45) is 0 Å². The highest BCUT2D eigenvalue weighted by molar-refractivity contribution is 5.95. The molecule has 2 unspecified atom stereocenters. The van der Waals surface area contributed by atoms with Gasteiger partial charge in [-0.2, -0.15) is 0 Å². The topological polar surface area (TPSA) is 58.6 Å². The van der Waals surface area contributed by atoms with Gasteiger partial charge < -0.3 is 15.0 Å². The molecule has 2 atom stereocenters. The van der Waals surface area contributed by atoms with Crippen molar-refractivity contribution in [3.8, 4) is 5.75 Å². The van der Waals surface area contributed by atoms with Gasteiger partial charge in [0, 0.05) is 25.1 Å². The Hall–Kier alpha value is -2.82. The molecule has 3 rings (SSSR count). The summed E-state index contributed by atoms with van der Waals surface area (Å²) < 4.78 is 5.33. The number of hydrogen-bond acceptors (Lipinski definition) is 3. The first kappa shape index (κ1) is 19.0. The van der Waals surface area contributed by atoms with Gasteiger partial charge in [0.15, 0.2) is 0 Å². The smallest absolute Gasteiger partial charge is 0.254 e. The molecule has 5 nitrogen and oxygen atoms in total. The van der Waals surface area contributed by atoms with Crippen molar-refractivity contribution < 1.29 is 14.3 Å². The molecule has 1 heterocycles. The molecule has 0 saturated heterocycles. The average molecular weight is 366 g/mol. The van der Waals surface area contributed by atoms with Crippen molar-refractivity contribution in [1.82, 2.24) is 10.2 Å². The molecule has 0 aliphatic carbocycles. The number of amides is 2. The molecule has 2 aromatic carbocycles. The zero-order valence-corrected chi connectivity index (χ0v) is 16.3. The number of hydrogen-bond donors (Lipinski definition) is 1. The lowest BCUT2D eigenvalue weighted by Gasteiger charge is -2.40. The first-order valence-corrected chi connectivity index (χ1v) is 9.23. The summed E-state index contributed by atoms with van der Waals surface area (Å²) in [7, 11) is 1.67. The fourth-order valence-corrected chi connectivity index (χ4v) is 3.76. The zero-order valence-electron chi connectivity index (χ0n) is 16.3. The summed E-state index contributed by atoms with van der Waals surface area (Å²) in [4.78, 5) is 26.2. The van der Waals surface area contributed by atoms with Gasteiger partial charge in [0.05, 0.1) is 13.2 Å². The monoisotopic (exact) mass is 366 g/mol. The molecule has 5 heteroatoms. The predicted octanol–water partition coefficient (Wildman–Crippen LogP) is 3.48. The van der Waals surface area contributed by atoms with Crippen LogP contribution in [0.1, 0.15) is 53.9 Å². The maximum atomic E-state index is 13.2. The van der Waals surface area contributed by atoms with Crippen LogP contribution in [0, 0.1) is 0 Å². The van der Waals surface area contributed by atoms with Crippen LogP contribution in [0.3, 0.4) is 0 Å². The summed E-state index contributed by atoms with van der Waals surface area (Å²) >= 11 is 0. The lowest BCUT2D eigenvalue weighted by atomic mass is 9.88. The molecule has 0 fully saturated rings. The Morgan fingerprint density at radius 1 is 1.15 bits per heavy atom. The number of carbonyl (C=O) groups excluding carboxylic acids is 2. The summed E-state index contributed by atoms with van der Waals surface area (Å²) in [6, 6.07) is 13.6. The van der Waals surface area contributed by atoms with Gasteiger partial charge in [0.1, 0.15) is 5.75 Å². The van der Waals surface area contributed by atoms with Gasteiger partial charge in [-0.05, 0) is 61.2 Å². The lowest BCUT2D eigenvalue weighted by molar-refractivity contribution is -0.119. The van der Waals surface area contributed by atoms with E-state index in [9.17, 15) is 9.59 Å². The molecule has 1 aliphatic heterocycles. The Bertz CT molecular complexity index is 845. The van der Waals surface area contributed by atoms with E-state index in [-0.39, 0.29) is 23.9 Å². The maximum Gasteiger partial charge on any atom is 0.254 e. The second-order valence-electron chi connectivity index (χ2n) is 7.11. The van der Waals surface area contributed by atoms with Crippen LogP contribution in [0.25, 0.3) is 0 Å². The standard InChI is InChI=1S/C22H26N2O3/c1-14-11-19-12-20(27-4)9-10-21(19)15(2)24(14)22(26)18-7-5-17(6-8-18)13-23-16(3)25/h5-10,12,14-15H,11,13H2,1-4H3,(H,23,25). The second-order valence-corrected chi connectivity index (χ2v) is 7.11. The molecule has 0 saturated carbocycles. The lowest BCUT2D eigenvalue weighted by Crippen LogP contribution is -2.45. The quantitative estimate of drug-likeness (QED) is 0.901. The number of nitrogens with zero attached hydrogens (tertiary/aromatic N) is 1. The molecule has 0 radical (unpaired) electrons. The fourth-order valence-electron chi connectivity index (χ4n) is 3.76. The van der Waals surface area contributed by atoms with Crippen LogP contribution in [0.4, 0.5) is 0 Å². The Balaban J connectivity index is 1.80. The van der Waals surface area contributed by atoms with Crippen molar-refractivity contribution in [2.75, 3.05) is 7.11 Å². The summed E-state index contributed by atoms with van der Waals surface area (Å²) in [6.45, 7) is 6.12. The molecular weight excluding hydrogens is 340 g/mol. The van der Waals surface area contributed by atoms with Gasteiger partial charge in [-0.25, -0.2) is 0 Å². The number of carbonyl (C=O) groups is 2. The van der Waals surface area contributed by atoms with Crippen molar-refractivity contribution >= 4 is 11.8 Å². The highest BCUT2D eigenvalue weighted by atomic mass is 16.5. The van der Waals surface area contributed by atoms with Crippen LogP contribution >= 0.6 is 0 Å². The van der Waals surface area contributed by atoms with Crippen LogP contribution in [-0.4, -0.2) is 29.9 Å². The van der Waals surface area contributed by atoms with Crippen LogP contribution in [0.5, 0.6) is 5.75 Å². The minimum Gasteiger partial charge on any atom is -0.497 e. The van der Waals surface area contributed by atoms with Crippen LogP contribution in [-0.2, 0) is 17.8 Å². The van der Waals surface area contributed by atoms with Crippen LogP contribution in [0.15, 0.2) is 42.5 Å². The van der Waals surface area contributed by atoms with Gasteiger partial charge in [-0.1, -0.05) is 18.2 Å². The Labute approximate surface area is 160 Å². The van der Waals surface area contributed by atoms with E-state index < -0.39 is 0 Å². The molecule has 1 aliphatic rings. The number of methoxy groups -OCH3 is 1. The van der Waals surface area contributed by atoms with Gasteiger partial charge in [0.25, 0.3) is 5.91 Å². The third-order valence-electron chi connectivity index (χ3n) is 5.18. The van der Waals surface area contributed by atoms with Gasteiger partial charge in [-0.3, -0.25) is 9.59 Å². The van der Waals surface area contributed by atoms with E-state index in [1.54, 1.807) is 7.11 Å². The first-order valence-electron chi connectivity index (χ1n) is 9.23. The fraction of sp³-hybridized carbons (Fsp3) is 0.364. The molecule has 2 aromatic rings. The maximum absolute atomic E-state index is 13.2. The number of rotatable bonds is 4. The second kappa shape index (κ2) is 7.82. The Morgan fingerprint density at radius 3 is 2.48 bits per heavy atom. The molecule has 27 heavy (non-hydrogen) atoms. The molecule has 142 valence electrons. The van der Waals surface area contributed by atoms with Gasteiger partial charge in [0.2, 0.25) is 5.91 Å². The summed E-state index contributed by atoms with van der Waals surface area (Å²) in [6.07, 6.45) is 0.809. The van der Waals surface area contributed by atoms with Gasteiger partial charge >= 0.3 is 0 Å². The minimum atomic E-state index is -0.0681. The van der Waals surface area contributed by atoms with E-state index in [0.717, 1.165) is 17.7 Å². The van der Waals surface area contributed by atoms with Crippen molar-refractivity contribution in [1.29, 1.82) is 0 Å². The van der Waals surface area contributed by atoms with E-state index in [4.69, 9.17) is 4.74 Å². The van der Waals surface area contributed by atoms with Crippen LogP contribution < -0.4 is 10.1 Å².